The fourth-order valence-corrected chi connectivity index (χ4v) is 2.69. The molecular weight excluding hydrogens is 348 g/mol. The molecule has 0 bridgehead atoms. The van der Waals surface area contributed by atoms with Crippen molar-refractivity contribution in [2.75, 3.05) is 10.6 Å². The Morgan fingerprint density at radius 2 is 1.81 bits per heavy atom. The Kier molecular flexibility index (Phi) is 4.57. The Hall–Kier alpha value is -3.25. The number of hydrogen-bond acceptors (Lipinski definition) is 6. The molecule has 0 amide bonds. The molecule has 6 nitrogen and oxygen atoms in total. The van der Waals surface area contributed by atoms with E-state index in [2.05, 4.69) is 30.8 Å². The molecular formula is C19H15ClN6. The zero-order valence-electron chi connectivity index (χ0n) is 13.7. The normalized spacial score (nSPS) is 10.7. The molecule has 0 spiro atoms. The average molecular weight is 363 g/mol. The molecule has 0 aliphatic carbocycles. The number of nitrogens with one attached hydrogen (secondary N) is 2. The fraction of sp³-hybridized carbons (Fsp3) is 0.0526. The molecule has 0 atom stereocenters. The first-order chi connectivity index (χ1) is 12.8. The zero-order valence-corrected chi connectivity index (χ0v) is 14.5. The SMILES string of the molecule is Clc1ccc(CNc2cnnc(Nc3cccc4cccnc34)n2)cc1. The summed E-state index contributed by atoms with van der Waals surface area (Å²) in [5.74, 6) is 1.04. The maximum atomic E-state index is 5.90. The Labute approximate surface area is 155 Å². The van der Waals surface area contributed by atoms with E-state index in [9.17, 15) is 0 Å². The van der Waals surface area contributed by atoms with Crippen LogP contribution in [0.15, 0.2) is 67.0 Å². The van der Waals surface area contributed by atoms with E-state index < -0.39 is 0 Å². The number of halogens is 1. The number of fused-ring (bicyclic) bond motifs is 1. The minimum atomic E-state index is 0.407. The summed E-state index contributed by atoms with van der Waals surface area (Å²) in [6, 6.07) is 17.5. The van der Waals surface area contributed by atoms with Crippen LogP contribution in [0.1, 0.15) is 5.56 Å². The summed E-state index contributed by atoms with van der Waals surface area (Å²) in [4.78, 5) is 8.88. The van der Waals surface area contributed by atoms with Crippen molar-refractivity contribution in [3.63, 3.8) is 0 Å². The van der Waals surface area contributed by atoms with Crippen LogP contribution in [0, 0.1) is 0 Å². The Bertz CT molecular complexity index is 1030. The van der Waals surface area contributed by atoms with Crippen molar-refractivity contribution in [1.82, 2.24) is 20.2 Å². The molecule has 0 radical (unpaired) electrons. The van der Waals surface area contributed by atoms with Crippen LogP contribution in [0.25, 0.3) is 10.9 Å². The number of aromatic nitrogens is 4. The van der Waals surface area contributed by atoms with E-state index in [-0.39, 0.29) is 0 Å². The molecule has 4 rings (SSSR count). The summed E-state index contributed by atoms with van der Waals surface area (Å²) in [5.41, 5.74) is 2.79. The molecule has 0 unspecified atom stereocenters. The topological polar surface area (TPSA) is 75.6 Å². The first kappa shape index (κ1) is 16.2. The minimum absolute atomic E-state index is 0.407. The van der Waals surface area contributed by atoms with Gasteiger partial charge in [-0.05, 0) is 29.8 Å². The van der Waals surface area contributed by atoms with Gasteiger partial charge < -0.3 is 10.6 Å². The van der Waals surface area contributed by atoms with Gasteiger partial charge in [-0.1, -0.05) is 41.9 Å². The van der Waals surface area contributed by atoms with Gasteiger partial charge in [0.1, 0.15) is 0 Å². The third-order valence-electron chi connectivity index (χ3n) is 3.82. The minimum Gasteiger partial charge on any atom is -0.365 e. The van der Waals surface area contributed by atoms with E-state index in [0.29, 0.717) is 23.3 Å². The van der Waals surface area contributed by atoms with Crippen LogP contribution in [0.3, 0.4) is 0 Å². The number of anilines is 3. The highest BCUT2D eigenvalue weighted by Gasteiger charge is 2.05. The first-order valence-electron chi connectivity index (χ1n) is 8.07. The second kappa shape index (κ2) is 7.33. The molecule has 128 valence electrons. The molecule has 2 aromatic carbocycles. The number of hydrogen-bond donors (Lipinski definition) is 2. The van der Waals surface area contributed by atoms with Crippen LogP contribution >= 0.6 is 11.6 Å². The maximum Gasteiger partial charge on any atom is 0.249 e. The predicted molar refractivity (Wildman–Crippen MR) is 104 cm³/mol. The highest BCUT2D eigenvalue weighted by Crippen LogP contribution is 2.23. The second-order valence-electron chi connectivity index (χ2n) is 5.65. The molecule has 7 heteroatoms. The molecule has 2 N–H and O–H groups in total. The Morgan fingerprint density at radius 3 is 2.69 bits per heavy atom. The van der Waals surface area contributed by atoms with Gasteiger partial charge in [0.15, 0.2) is 5.82 Å². The van der Waals surface area contributed by atoms with Gasteiger partial charge in [-0.2, -0.15) is 10.1 Å². The Balaban J connectivity index is 1.51. The van der Waals surface area contributed by atoms with E-state index in [4.69, 9.17) is 11.6 Å². The van der Waals surface area contributed by atoms with E-state index in [0.717, 1.165) is 22.2 Å². The van der Waals surface area contributed by atoms with Crippen molar-refractivity contribution >= 4 is 40.0 Å². The van der Waals surface area contributed by atoms with Crippen LogP contribution in [-0.2, 0) is 6.54 Å². The van der Waals surface area contributed by atoms with Gasteiger partial charge in [-0.25, -0.2) is 0 Å². The number of para-hydroxylation sites is 1. The maximum absolute atomic E-state index is 5.90. The first-order valence-corrected chi connectivity index (χ1v) is 8.44. The molecule has 0 aliphatic rings. The third-order valence-corrected chi connectivity index (χ3v) is 4.08. The third kappa shape index (κ3) is 3.70. The van der Waals surface area contributed by atoms with Crippen LogP contribution in [-0.4, -0.2) is 20.2 Å². The number of rotatable bonds is 5. The van der Waals surface area contributed by atoms with Crippen molar-refractivity contribution in [2.45, 2.75) is 6.54 Å². The molecule has 0 saturated carbocycles. The van der Waals surface area contributed by atoms with Gasteiger partial charge in [0.05, 0.1) is 17.4 Å². The molecule has 0 saturated heterocycles. The highest BCUT2D eigenvalue weighted by atomic mass is 35.5. The van der Waals surface area contributed by atoms with Crippen LogP contribution in [0.4, 0.5) is 17.5 Å². The monoisotopic (exact) mass is 362 g/mol. The second-order valence-corrected chi connectivity index (χ2v) is 6.09. The van der Waals surface area contributed by atoms with Gasteiger partial charge in [0.2, 0.25) is 5.95 Å². The van der Waals surface area contributed by atoms with E-state index >= 15 is 0 Å². The van der Waals surface area contributed by atoms with Crippen molar-refractivity contribution < 1.29 is 0 Å². The summed E-state index contributed by atoms with van der Waals surface area (Å²) in [5, 5.41) is 16.2. The largest absolute Gasteiger partial charge is 0.365 e. The summed E-state index contributed by atoms with van der Waals surface area (Å²) >= 11 is 5.90. The lowest BCUT2D eigenvalue weighted by molar-refractivity contribution is 0.966. The molecule has 0 aliphatic heterocycles. The molecule has 0 fully saturated rings. The summed E-state index contributed by atoms with van der Waals surface area (Å²) in [6.07, 6.45) is 3.35. The van der Waals surface area contributed by atoms with Crippen molar-refractivity contribution in [1.29, 1.82) is 0 Å². The zero-order chi connectivity index (χ0) is 17.8. The van der Waals surface area contributed by atoms with Crippen LogP contribution in [0.2, 0.25) is 5.02 Å². The summed E-state index contributed by atoms with van der Waals surface area (Å²) in [6.45, 7) is 0.616. The van der Waals surface area contributed by atoms with Crippen molar-refractivity contribution in [3.05, 3.63) is 77.6 Å². The molecule has 2 heterocycles. The highest BCUT2D eigenvalue weighted by molar-refractivity contribution is 6.30. The van der Waals surface area contributed by atoms with Crippen molar-refractivity contribution in [2.24, 2.45) is 0 Å². The molecule has 2 aromatic heterocycles. The van der Waals surface area contributed by atoms with Gasteiger partial charge in [-0.3, -0.25) is 4.98 Å². The van der Waals surface area contributed by atoms with E-state index in [1.807, 2.05) is 54.6 Å². The fourth-order valence-electron chi connectivity index (χ4n) is 2.56. The van der Waals surface area contributed by atoms with Gasteiger partial charge in [-0.15, -0.1) is 5.10 Å². The van der Waals surface area contributed by atoms with Crippen LogP contribution in [0.5, 0.6) is 0 Å². The predicted octanol–water partition coefficient (Wildman–Crippen LogP) is 4.43. The smallest absolute Gasteiger partial charge is 0.249 e. The summed E-state index contributed by atoms with van der Waals surface area (Å²) < 4.78 is 0. The van der Waals surface area contributed by atoms with Crippen LogP contribution < -0.4 is 10.6 Å². The number of nitrogens with zero attached hydrogens (tertiary/aromatic N) is 4. The Morgan fingerprint density at radius 1 is 0.962 bits per heavy atom. The lowest BCUT2D eigenvalue weighted by Gasteiger charge is -2.09. The summed E-state index contributed by atoms with van der Waals surface area (Å²) in [7, 11) is 0. The molecule has 4 aromatic rings. The lowest BCUT2D eigenvalue weighted by Crippen LogP contribution is -2.06. The number of benzene rings is 2. The quantitative estimate of drug-likeness (QED) is 0.547. The van der Waals surface area contributed by atoms with Crippen molar-refractivity contribution in [3.8, 4) is 0 Å². The van der Waals surface area contributed by atoms with Gasteiger partial charge >= 0.3 is 0 Å². The van der Waals surface area contributed by atoms with E-state index in [1.54, 1.807) is 12.4 Å². The van der Waals surface area contributed by atoms with Gasteiger partial charge in [0, 0.05) is 23.2 Å². The van der Waals surface area contributed by atoms with E-state index in [1.165, 1.54) is 0 Å². The molecule has 26 heavy (non-hydrogen) atoms. The van der Waals surface area contributed by atoms with Gasteiger partial charge in [0.25, 0.3) is 0 Å². The lowest BCUT2D eigenvalue weighted by atomic mass is 10.2. The standard InChI is InChI=1S/C19H15ClN6/c20-15-8-6-13(7-9-15)11-22-17-12-23-26-19(25-17)24-16-5-1-3-14-4-2-10-21-18(14)16/h1-10,12H,11H2,(H2,22,24,25,26). The average Bonchev–Trinajstić information content (AvgIpc) is 2.68. The number of pyridine rings is 1.